The zero-order valence-electron chi connectivity index (χ0n) is 10.8. The predicted octanol–water partition coefficient (Wildman–Crippen LogP) is 1.31. The van der Waals surface area contributed by atoms with Gasteiger partial charge in [0.25, 0.3) is 0 Å². The molecule has 1 fully saturated rings. The van der Waals surface area contributed by atoms with Crippen LogP contribution < -0.4 is 5.73 Å². The van der Waals surface area contributed by atoms with Crippen molar-refractivity contribution < 1.29 is 4.42 Å². The highest BCUT2D eigenvalue weighted by molar-refractivity contribution is 5.06. The fourth-order valence-corrected chi connectivity index (χ4v) is 2.69. The highest BCUT2D eigenvalue weighted by atomic mass is 16.3. The zero-order chi connectivity index (χ0) is 12.3. The minimum Gasteiger partial charge on any atom is -0.468 e. The monoisotopic (exact) mass is 237 g/mol. The van der Waals surface area contributed by atoms with Gasteiger partial charge in [0.2, 0.25) is 0 Å². The van der Waals surface area contributed by atoms with E-state index in [2.05, 4.69) is 23.6 Å². The van der Waals surface area contributed by atoms with Crippen molar-refractivity contribution in [3.63, 3.8) is 0 Å². The van der Waals surface area contributed by atoms with E-state index in [0.29, 0.717) is 12.6 Å². The summed E-state index contributed by atoms with van der Waals surface area (Å²) < 4.78 is 5.51. The second-order valence-electron chi connectivity index (χ2n) is 4.75. The largest absolute Gasteiger partial charge is 0.468 e. The first kappa shape index (κ1) is 12.6. The maximum absolute atomic E-state index is 5.91. The molecule has 0 saturated carbocycles. The molecule has 2 atom stereocenters. The summed E-state index contributed by atoms with van der Waals surface area (Å²) in [5.74, 6) is 0.990. The van der Waals surface area contributed by atoms with E-state index in [9.17, 15) is 0 Å². The van der Waals surface area contributed by atoms with Crippen LogP contribution in [0.1, 0.15) is 25.6 Å². The summed E-state index contributed by atoms with van der Waals surface area (Å²) in [6.45, 7) is 9.54. The maximum Gasteiger partial charge on any atom is 0.122 e. The van der Waals surface area contributed by atoms with Crippen LogP contribution in [0.5, 0.6) is 0 Å². The first-order valence-corrected chi connectivity index (χ1v) is 6.47. The highest BCUT2D eigenvalue weighted by Gasteiger charge is 2.30. The van der Waals surface area contributed by atoms with Crippen LogP contribution >= 0.6 is 0 Å². The quantitative estimate of drug-likeness (QED) is 0.857. The Morgan fingerprint density at radius 2 is 2.35 bits per heavy atom. The Morgan fingerprint density at radius 1 is 1.53 bits per heavy atom. The molecule has 0 amide bonds. The van der Waals surface area contributed by atoms with Crippen LogP contribution in [0.25, 0.3) is 0 Å². The van der Waals surface area contributed by atoms with Gasteiger partial charge in [0.15, 0.2) is 0 Å². The van der Waals surface area contributed by atoms with Gasteiger partial charge in [-0.1, -0.05) is 6.92 Å². The molecular weight excluding hydrogens is 214 g/mol. The molecule has 2 unspecified atom stereocenters. The molecule has 0 aliphatic carbocycles. The van der Waals surface area contributed by atoms with Crippen LogP contribution in [-0.2, 0) is 0 Å². The Labute approximate surface area is 103 Å². The van der Waals surface area contributed by atoms with E-state index >= 15 is 0 Å². The summed E-state index contributed by atoms with van der Waals surface area (Å²) in [6.07, 6.45) is 1.73. The van der Waals surface area contributed by atoms with Gasteiger partial charge in [-0.15, -0.1) is 0 Å². The Hall–Kier alpha value is -0.840. The lowest BCUT2D eigenvalue weighted by Crippen LogP contribution is -2.53. The topological polar surface area (TPSA) is 45.6 Å². The molecule has 2 N–H and O–H groups in total. The van der Waals surface area contributed by atoms with E-state index in [1.165, 1.54) is 0 Å². The highest BCUT2D eigenvalue weighted by Crippen LogP contribution is 2.24. The fourth-order valence-electron chi connectivity index (χ4n) is 2.69. The van der Waals surface area contributed by atoms with E-state index in [1.807, 2.05) is 12.1 Å². The number of hydrogen-bond acceptors (Lipinski definition) is 4. The summed E-state index contributed by atoms with van der Waals surface area (Å²) in [5.41, 5.74) is 5.91. The molecule has 1 aliphatic heterocycles. The van der Waals surface area contributed by atoms with E-state index in [0.717, 1.165) is 31.9 Å². The van der Waals surface area contributed by atoms with Crippen LogP contribution in [0.3, 0.4) is 0 Å². The van der Waals surface area contributed by atoms with Crippen molar-refractivity contribution >= 4 is 0 Å². The van der Waals surface area contributed by atoms with Crippen molar-refractivity contribution in [3.8, 4) is 0 Å². The number of likely N-dealkylation sites (N-methyl/N-ethyl adjacent to an activating group) is 1. The third-order valence-corrected chi connectivity index (χ3v) is 3.71. The third kappa shape index (κ3) is 2.70. The molecule has 4 nitrogen and oxygen atoms in total. The van der Waals surface area contributed by atoms with Gasteiger partial charge in [0.05, 0.1) is 12.3 Å². The lowest BCUT2D eigenvalue weighted by molar-refractivity contribution is 0.0460. The molecule has 1 aromatic rings. The zero-order valence-corrected chi connectivity index (χ0v) is 10.8. The molecule has 0 aromatic carbocycles. The van der Waals surface area contributed by atoms with Crippen LogP contribution in [0.4, 0.5) is 0 Å². The van der Waals surface area contributed by atoms with Gasteiger partial charge in [-0.25, -0.2) is 0 Å². The summed E-state index contributed by atoms with van der Waals surface area (Å²) in [6, 6.07) is 4.71. The summed E-state index contributed by atoms with van der Waals surface area (Å²) in [4.78, 5) is 4.95. The first-order chi connectivity index (χ1) is 8.26. The van der Waals surface area contributed by atoms with Crippen LogP contribution in [0.15, 0.2) is 22.8 Å². The molecule has 1 aromatic heterocycles. The Morgan fingerprint density at radius 3 is 2.88 bits per heavy atom. The molecule has 96 valence electrons. The molecule has 17 heavy (non-hydrogen) atoms. The number of hydrogen-bond donors (Lipinski definition) is 1. The summed E-state index contributed by atoms with van der Waals surface area (Å²) >= 11 is 0. The van der Waals surface area contributed by atoms with Crippen molar-refractivity contribution in [2.24, 2.45) is 5.73 Å². The van der Waals surface area contributed by atoms with Crippen molar-refractivity contribution in [1.82, 2.24) is 9.80 Å². The Kier molecular flexibility index (Phi) is 4.20. The van der Waals surface area contributed by atoms with Gasteiger partial charge in [-0.05, 0) is 25.6 Å². The van der Waals surface area contributed by atoms with Gasteiger partial charge in [-0.2, -0.15) is 0 Å². The van der Waals surface area contributed by atoms with Crippen molar-refractivity contribution in [3.05, 3.63) is 24.2 Å². The van der Waals surface area contributed by atoms with Gasteiger partial charge < -0.3 is 15.1 Å². The molecule has 1 aliphatic rings. The standard InChI is InChI=1S/C13H23N3O/c1-3-15-6-7-16(11(2)10-15)12(9-14)13-5-4-8-17-13/h4-5,8,11-12H,3,6-7,9-10,14H2,1-2H3. The maximum atomic E-state index is 5.91. The summed E-state index contributed by atoms with van der Waals surface area (Å²) in [7, 11) is 0. The Balaban J connectivity index is 2.06. The molecule has 0 bridgehead atoms. The van der Waals surface area contributed by atoms with Crippen LogP contribution in [-0.4, -0.2) is 48.6 Å². The molecule has 0 spiro atoms. The minimum absolute atomic E-state index is 0.221. The van der Waals surface area contributed by atoms with Gasteiger partial charge in [0, 0.05) is 32.2 Å². The van der Waals surface area contributed by atoms with Crippen molar-refractivity contribution in [1.29, 1.82) is 0 Å². The number of nitrogens with two attached hydrogens (primary N) is 1. The molecule has 2 rings (SSSR count). The number of piperazine rings is 1. The number of furan rings is 1. The number of nitrogens with zero attached hydrogens (tertiary/aromatic N) is 2. The molecule has 1 saturated heterocycles. The molecule has 4 heteroatoms. The normalized spacial score (nSPS) is 25.0. The van der Waals surface area contributed by atoms with Crippen molar-refractivity contribution in [2.45, 2.75) is 25.9 Å². The molecule has 2 heterocycles. The van der Waals surface area contributed by atoms with E-state index in [-0.39, 0.29) is 6.04 Å². The lowest BCUT2D eigenvalue weighted by Gasteiger charge is -2.42. The number of rotatable bonds is 4. The Bertz CT molecular complexity index is 325. The third-order valence-electron chi connectivity index (χ3n) is 3.71. The van der Waals surface area contributed by atoms with Gasteiger partial charge in [0.1, 0.15) is 5.76 Å². The second-order valence-corrected chi connectivity index (χ2v) is 4.75. The fraction of sp³-hybridized carbons (Fsp3) is 0.692. The van der Waals surface area contributed by atoms with Crippen molar-refractivity contribution in [2.75, 3.05) is 32.7 Å². The van der Waals surface area contributed by atoms with E-state index < -0.39 is 0 Å². The smallest absolute Gasteiger partial charge is 0.122 e. The van der Waals surface area contributed by atoms with Crippen LogP contribution in [0, 0.1) is 0 Å². The second kappa shape index (κ2) is 5.67. The minimum atomic E-state index is 0.221. The lowest BCUT2D eigenvalue weighted by atomic mass is 10.1. The summed E-state index contributed by atoms with van der Waals surface area (Å²) in [5, 5.41) is 0. The van der Waals surface area contributed by atoms with E-state index in [4.69, 9.17) is 10.2 Å². The molecule has 0 radical (unpaired) electrons. The van der Waals surface area contributed by atoms with Crippen LogP contribution in [0.2, 0.25) is 0 Å². The van der Waals surface area contributed by atoms with E-state index in [1.54, 1.807) is 6.26 Å². The SMILES string of the molecule is CCN1CCN(C(CN)c2ccco2)C(C)C1. The average molecular weight is 237 g/mol. The average Bonchev–Trinajstić information content (AvgIpc) is 2.85. The first-order valence-electron chi connectivity index (χ1n) is 6.47. The van der Waals surface area contributed by atoms with Gasteiger partial charge in [-0.3, -0.25) is 4.90 Å². The molecular formula is C13H23N3O. The van der Waals surface area contributed by atoms with Gasteiger partial charge >= 0.3 is 0 Å². The predicted molar refractivity (Wildman–Crippen MR) is 68.8 cm³/mol.